The van der Waals surface area contributed by atoms with Crippen molar-refractivity contribution in [2.24, 2.45) is 0 Å². The van der Waals surface area contributed by atoms with Crippen molar-refractivity contribution < 1.29 is 27.9 Å². The van der Waals surface area contributed by atoms with E-state index in [-0.39, 0.29) is 5.00 Å². The number of amides is 1. The Hall–Kier alpha value is -2.49. The Kier molecular flexibility index (Phi) is 3.89. The van der Waals surface area contributed by atoms with Crippen LogP contribution in [0.2, 0.25) is 0 Å². The SMILES string of the molecule is O=C(Nc1snnc1C(=O)O)c1ccccc1C(F)(F)F. The molecule has 0 radical (unpaired) electrons. The molecule has 2 rings (SSSR count). The highest BCUT2D eigenvalue weighted by Gasteiger charge is 2.35. The predicted octanol–water partition coefficient (Wildman–Crippen LogP) is 2.51. The van der Waals surface area contributed by atoms with Crippen LogP contribution in [-0.4, -0.2) is 26.6 Å². The minimum atomic E-state index is -4.70. The lowest BCUT2D eigenvalue weighted by atomic mass is 10.1. The van der Waals surface area contributed by atoms with Gasteiger partial charge in [-0.05, 0) is 12.1 Å². The molecule has 0 aliphatic heterocycles. The van der Waals surface area contributed by atoms with Gasteiger partial charge in [0.1, 0.15) is 0 Å². The van der Waals surface area contributed by atoms with E-state index in [9.17, 15) is 22.8 Å². The zero-order valence-corrected chi connectivity index (χ0v) is 10.8. The Bertz CT molecular complexity index is 699. The summed E-state index contributed by atoms with van der Waals surface area (Å²) in [6.07, 6.45) is -4.70. The molecule has 21 heavy (non-hydrogen) atoms. The molecule has 6 nitrogen and oxygen atoms in total. The van der Waals surface area contributed by atoms with E-state index in [1.165, 1.54) is 6.07 Å². The third-order valence-electron chi connectivity index (χ3n) is 2.39. The summed E-state index contributed by atoms with van der Waals surface area (Å²) in [4.78, 5) is 22.7. The second-order valence-corrected chi connectivity index (χ2v) is 4.51. The minimum absolute atomic E-state index is 0.232. The molecule has 1 aromatic carbocycles. The summed E-state index contributed by atoms with van der Waals surface area (Å²) in [7, 11) is 0. The fourth-order valence-electron chi connectivity index (χ4n) is 1.51. The smallest absolute Gasteiger partial charge is 0.417 e. The van der Waals surface area contributed by atoms with Gasteiger partial charge in [0.2, 0.25) is 5.69 Å². The summed E-state index contributed by atoms with van der Waals surface area (Å²) >= 11 is 0.559. The molecule has 1 aromatic heterocycles. The number of nitrogens with one attached hydrogen (secondary N) is 1. The first-order chi connectivity index (χ1) is 9.80. The van der Waals surface area contributed by atoms with Gasteiger partial charge < -0.3 is 10.4 Å². The van der Waals surface area contributed by atoms with Gasteiger partial charge in [-0.25, -0.2) is 4.79 Å². The largest absolute Gasteiger partial charge is 0.476 e. The Morgan fingerprint density at radius 1 is 1.24 bits per heavy atom. The molecule has 1 heterocycles. The molecular weight excluding hydrogens is 311 g/mol. The number of rotatable bonds is 3. The van der Waals surface area contributed by atoms with E-state index in [2.05, 4.69) is 14.9 Å². The summed E-state index contributed by atoms with van der Waals surface area (Å²) in [5.41, 5.74) is -2.26. The highest BCUT2D eigenvalue weighted by Crippen LogP contribution is 2.32. The van der Waals surface area contributed by atoms with Crippen molar-refractivity contribution in [2.45, 2.75) is 6.18 Å². The summed E-state index contributed by atoms with van der Waals surface area (Å²) in [6, 6.07) is 4.18. The van der Waals surface area contributed by atoms with Gasteiger partial charge in [0, 0.05) is 11.5 Å². The highest BCUT2D eigenvalue weighted by molar-refractivity contribution is 7.10. The summed E-state index contributed by atoms with van der Waals surface area (Å²) in [5, 5.41) is 13.9. The molecule has 110 valence electrons. The van der Waals surface area contributed by atoms with E-state index in [1.807, 2.05) is 0 Å². The first-order valence-corrected chi connectivity index (χ1v) is 6.11. The zero-order chi connectivity index (χ0) is 15.6. The maximum absolute atomic E-state index is 12.8. The molecule has 0 bridgehead atoms. The van der Waals surface area contributed by atoms with Crippen LogP contribution in [0, 0.1) is 0 Å². The number of benzene rings is 1. The molecule has 0 unspecified atom stereocenters. The maximum atomic E-state index is 12.8. The number of nitrogens with zero attached hydrogens (tertiary/aromatic N) is 2. The fourth-order valence-corrected chi connectivity index (χ4v) is 2.07. The molecule has 2 N–H and O–H groups in total. The van der Waals surface area contributed by atoms with Crippen molar-refractivity contribution >= 4 is 28.4 Å². The molecule has 1 amide bonds. The van der Waals surface area contributed by atoms with Crippen LogP contribution in [0.4, 0.5) is 18.2 Å². The molecule has 0 fully saturated rings. The monoisotopic (exact) mass is 317 g/mol. The van der Waals surface area contributed by atoms with Crippen LogP contribution in [0.1, 0.15) is 26.4 Å². The molecule has 0 aliphatic rings. The number of carboxylic acids is 1. The van der Waals surface area contributed by atoms with Gasteiger partial charge in [-0.2, -0.15) is 13.2 Å². The number of aromatic carboxylic acids is 1. The van der Waals surface area contributed by atoms with Gasteiger partial charge in [-0.3, -0.25) is 4.79 Å². The van der Waals surface area contributed by atoms with Crippen LogP contribution in [0.25, 0.3) is 0 Å². The van der Waals surface area contributed by atoms with Crippen molar-refractivity contribution in [1.29, 1.82) is 0 Å². The van der Waals surface area contributed by atoms with Gasteiger partial charge in [0.15, 0.2) is 5.00 Å². The number of halogens is 3. The second-order valence-electron chi connectivity index (χ2n) is 3.75. The van der Waals surface area contributed by atoms with E-state index in [4.69, 9.17) is 5.11 Å². The zero-order valence-electron chi connectivity index (χ0n) is 10.0. The highest BCUT2D eigenvalue weighted by atomic mass is 32.1. The lowest BCUT2D eigenvalue weighted by Gasteiger charge is -2.11. The normalized spacial score (nSPS) is 11.2. The van der Waals surface area contributed by atoms with Gasteiger partial charge in [0.25, 0.3) is 5.91 Å². The summed E-state index contributed by atoms with van der Waals surface area (Å²) in [5.74, 6) is -2.53. The molecule has 10 heteroatoms. The lowest BCUT2D eigenvalue weighted by Crippen LogP contribution is -2.19. The van der Waals surface area contributed by atoms with Gasteiger partial charge >= 0.3 is 12.1 Å². The third-order valence-corrected chi connectivity index (χ3v) is 3.04. The van der Waals surface area contributed by atoms with E-state index in [0.717, 1.165) is 18.2 Å². The van der Waals surface area contributed by atoms with Crippen LogP contribution in [0.5, 0.6) is 0 Å². The number of carboxylic acid groups (broad SMARTS) is 1. The predicted molar refractivity (Wildman–Crippen MR) is 66.3 cm³/mol. The van der Waals surface area contributed by atoms with Crippen LogP contribution >= 0.6 is 11.5 Å². The Balaban J connectivity index is 2.34. The molecular formula is C11H6F3N3O3S. The molecule has 0 saturated heterocycles. The molecule has 2 aromatic rings. The number of hydrogen-bond acceptors (Lipinski definition) is 5. The average Bonchev–Trinajstić information content (AvgIpc) is 2.86. The van der Waals surface area contributed by atoms with Crippen molar-refractivity contribution in [3.8, 4) is 0 Å². The minimum Gasteiger partial charge on any atom is -0.476 e. The van der Waals surface area contributed by atoms with Crippen LogP contribution in [0.15, 0.2) is 24.3 Å². The van der Waals surface area contributed by atoms with Crippen LogP contribution in [-0.2, 0) is 6.18 Å². The lowest BCUT2D eigenvalue weighted by molar-refractivity contribution is -0.137. The molecule has 0 aliphatic carbocycles. The topological polar surface area (TPSA) is 92.2 Å². The standard InChI is InChI=1S/C11H6F3N3O3S/c12-11(13,14)6-4-2-1-3-5(6)8(18)15-9-7(10(19)20)16-17-21-9/h1-4H,(H,15,18)(H,19,20). The van der Waals surface area contributed by atoms with Crippen LogP contribution in [0.3, 0.4) is 0 Å². The van der Waals surface area contributed by atoms with Gasteiger partial charge in [-0.1, -0.05) is 16.6 Å². The first-order valence-electron chi connectivity index (χ1n) is 5.34. The Morgan fingerprint density at radius 3 is 2.52 bits per heavy atom. The van der Waals surface area contributed by atoms with Crippen molar-refractivity contribution in [3.05, 3.63) is 41.1 Å². The number of carbonyl (C=O) groups is 2. The first kappa shape index (κ1) is 14.9. The summed E-state index contributed by atoms with van der Waals surface area (Å²) < 4.78 is 41.7. The van der Waals surface area contributed by atoms with E-state index in [0.29, 0.717) is 11.5 Å². The van der Waals surface area contributed by atoms with Crippen molar-refractivity contribution in [3.63, 3.8) is 0 Å². The molecule has 0 atom stereocenters. The Labute approximate surface area is 119 Å². The van der Waals surface area contributed by atoms with Gasteiger partial charge in [-0.15, -0.1) is 5.10 Å². The maximum Gasteiger partial charge on any atom is 0.417 e. The number of hydrogen-bond donors (Lipinski definition) is 2. The second kappa shape index (κ2) is 5.48. The van der Waals surface area contributed by atoms with Crippen LogP contribution < -0.4 is 5.32 Å². The van der Waals surface area contributed by atoms with E-state index >= 15 is 0 Å². The third kappa shape index (κ3) is 3.16. The molecule has 0 saturated carbocycles. The van der Waals surface area contributed by atoms with E-state index < -0.39 is 34.9 Å². The number of alkyl halides is 3. The summed E-state index contributed by atoms with van der Waals surface area (Å²) in [6.45, 7) is 0. The fraction of sp³-hybridized carbons (Fsp3) is 0.0909. The van der Waals surface area contributed by atoms with Crippen molar-refractivity contribution in [1.82, 2.24) is 9.59 Å². The molecule has 0 spiro atoms. The quantitative estimate of drug-likeness (QED) is 0.907. The Morgan fingerprint density at radius 2 is 1.90 bits per heavy atom. The van der Waals surface area contributed by atoms with Crippen molar-refractivity contribution in [2.75, 3.05) is 5.32 Å². The average molecular weight is 317 g/mol. The number of aromatic nitrogens is 2. The number of anilines is 1. The van der Waals surface area contributed by atoms with Gasteiger partial charge in [0.05, 0.1) is 11.1 Å². The van der Waals surface area contributed by atoms with E-state index in [1.54, 1.807) is 0 Å². The number of carbonyl (C=O) groups excluding carboxylic acids is 1.